The van der Waals surface area contributed by atoms with Crippen molar-refractivity contribution < 1.29 is 14.0 Å². The molecule has 1 saturated carbocycles. The van der Waals surface area contributed by atoms with Crippen molar-refractivity contribution in [2.75, 3.05) is 19.6 Å². The number of rotatable bonds is 4. The van der Waals surface area contributed by atoms with Crippen LogP contribution in [0.25, 0.3) is 0 Å². The monoisotopic (exact) mass is 263 g/mol. The van der Waals surface area contributed by atoms with Crippen LogP contribution in [0, 0.1) is 11.3 Å². The molecule has 0 aromatic carbocycles. The van der Waals surface area contributed by atoms with Crippen LogP contribution in [0.1, 0.15) is 29.8 Å². The predicted molar refractivity (Wildman–Crippen MR) is 66.2 cm³/mol. The van der Waals surface area contributed by atoms with E-state index in [1.54, 1.807) is 0 Å². The van der Waals surface area contributed by atoms with Crippen molar-refractivity contribution >= 4 is 12.3 Å². The lowest BCUT2D eigenvalue weighted by molar-refractivity contribution is -0.109. The Morgan fingerprint density at radius 2 is 2.37 bits per heavy atom. The van der Waals surface area contributed by atoms with Gasteiger partial charge >= 0.3 is 0 Å². The number of aromatic nitrogens is 1. The van der Waals surface area contributed by atoms with Gasteiger partial charge in [-0.25, -0.2) is 4.98 Å². The number of amides is 2. The molecule has 1 aliphatic carbocycles. The second-order valence-electron chi connectivity index (χ2n) is 5.46. The molecule has 0 bridgehead atoms. The van der Waals surface area contributed by atoms with Gasteiger partial charge in [-0.1, -0.05) is 0 Å². The quantitative estimate of drug-likeness (QED) is 0.810. The van der Waals surface area contributed by atoms with Crippen molar-refractivity contribution in [2.24, 2.45) is 11.3 Å². The van der Waals surface area contributed by atoms with Crippen LogP contribution < -0.4 is 5.32 Å². The van der Waals surface area contributed by atoms with Crippen LogP contribution in [-0.4, -0.2) is 41.8 Å². The lowest BCUT2D eigenvalue weighted by Crippen LogP contribution is -2.40. The molecule has 1 N–H and O–H groups in total. The van der Waals surface area contributed by atoms with E-state index in [-0.39, 0.29) is 5.91 Å². The number of piperidine rings is 1. The van der Waals surface area contributed by atoms with Crippen molar-refractivity contribution in [3.8, 4) is 0 Å². The predicted octanol–water partition coefficient (Wildman–Crippen LogP) is 0.663. The zero-order valence-electron chi connectivity index (χ0n) is 10.7. The third-order valence-electron chi connectivity index (χ3n) is 4.50. The fourth-order valence-electron chi connectivity index (χ4n) is 3.16. The van der Waals surface area contributed by atoms with Crippen LogP contribution in [0.5, 0.6) is 0 Å². The van der Waals surface area contributed by atoms with Gasteiger partial charge in [0.25, 0.3) is 5.91 Å². The maximum atomic E-state index is 12.1. The highest BCUT2D eigenvalue weighted by Gasteiger charge is 2.54. The zero-order chi connectivity index (χ0) is 13.3. The molecule has 0 radical (unpaired) electrons. The molecule has 1 aromatic rings. The summed E-state index contributed by atoms with van der Waals surface area (Å²) in [7, 11) is 0. The fourth-order valence-corrected chi connectivity index (χ4v) is 3.16. The highest BCUT2D eigenvalue weighted by atomic mass is 16.3. The Bertz CT molecular complexity index is 463. The first-order valence-corrected chi connectivity index (χ1v) is 6.60. The lowest BCUT2D eigenvalue weighted by atomic mass is 9.90. The van der Waals surface area contributed by atoms with Gasteiger partial charge in [-0.05, 0) is 30.6 Å². The Kier molecular flexibility index (Phi) is 3.00. The molecule has 2 amide bonds. The number of hydrogen-bond acceptors (Lipinski definition) is 4. The maximum Gasteiger partial charge on any atom is 0.275 e. The summed E-state index contributed by atoms with van der Waals surface area (Å²) in [6.45, 7) is 2.30. The second-order valence-corrected chi connectivity index (χ2v) is 5.46. The molecule has 1 aromatic heterocycles. The highest BCUT2D eigenvalue weighted by Crippen LogP contribution is 2.58. The number of oxazole rings is 1. The minimum Gasteiger partial charge on any atom is -0.451 e. The molecule has 6 heteroatoms. The molecule has 2 fully saturated rings. The summed E-state index contributed by atoms with van der Waals surface area (Å²) in [5.74, 6) is 0.536. The van der Waals surface area contributed by atoms with Crippen LogP contribution in [0.2, 0.25) is 0 Å². The number of hydrogen-bond donors (Lipinski definition) is 1. The summed E-state index contributed by atoms with van der Waals surface area (Å²) in [6.07, 6.45) is 6.62. The van der Waals surface area contributed by atoms with Gasteiger partial charge in [0.1, 0.15) is 6.26 Å². The van der Waals surface area contributed by atoms with Gasteiger partial charge < -0.3 is 14.6 Å². The van der Waals surface area contributed by atoms with Gasteiger partial charge in [0.05, 0.1) is 0 Å². The van der Waals surface area contributed by atoms with E-state index in [0.717, 1.165) is 38.9 Å². The largest absolute Gasteiger partial charge is 0.451 e. The summed E-state index contributed by atoms with van der Waals surface area (Å²) in [6, 6.07) is 0. The maximum absolute atomic E-state index is 12.1. The molecular formula is C13H17N3O3. The average molecular weight is 263 g/mol. The SMILES string of the molecule is O=CNCC1CC12CCN(C(=O)c1cocn1)CC2. The van der Waals surface area contributed by atoms with Crippen LogP contribution in [0.4, 0.5) is 0 Å². The van der Waals surface area contributed by atoms with Crippen molar-refractivity contribution in [3.63, 3.8) is 0 Å². The van der Waals surface area contributed by atoms with Crippen molar-refractivity contribution in [2.45, 2.75) is 19.3 Å². The van der Waals surface area contributed by atoms with Crippen LogP contribution >= 0.6 is 0 Å². The molecular weight excluding hydrogens is 246 g/mol. The van der Waals surface area contributed by atoms with Gasteiger partial charge in [-0.15, -0.1) is 0 Å². The Morgan fingerprint density at radius 3 is 3.00 bits per heavy atom. The van der Waals surface area contributed by atoms with E-state index in [1.165, 1.54) is 19.1 Å². The number of nitrogens with one attached hydrogen (secondary N) is 1. The summed E-state index contributed by atoms with van der Waals surface area (Å²) < 4.78 is 4.84. The van der Waals surface area contributed by atoms with Gasteiger partial charge in [-0.2, -0.15) is 0 Å². The molecule has 2 heterocycles. The molecule has 1 atom stereocenters. The lowest BCUT2D eigenvalue weighted by Gasteiger charge is -2.32. The molecule has 3 rings (SSSR count). The summed E-state index contributed by atoms with van der Waals surface area (Å²) in [4.78, 5) is 28.1. The van der Waals surface area contributed by atoms with Gasteiger partial charge in [0, 0.05) is 19.6 Å². The van der Waals surface area contributed by atoms with E-state index in [9.17, 15) is 9.59 Å². The van der Waals surface area contributed by atoms with Crippen molar-refractivity contribution in [1.29, 1.82) is 0 Å². The van der Waals surface area contributed by atoms with Gasteiger partial charge in [0.2, 0.25) is 6.41 Å². The number of carbonyl (C=O) groups is 2. The smallest absolute Gasteiger partial charge is 0.275 e. The van der Waals surface area contributed by atoms with E-state index >= 15 is 0 Å². The molecule has 1 spiro atoms. The summed E-state index contributed by atoms with van der Waals surface area (Å²) in [5, 5.41) is 2.75. The van der Waals surface area contributed by atoms with Crippen molar-refractivity contribution in [1.82, 2.24) is 15.2 Å². The van der Waals surface area contributed by atoms with Crippen LogP contribution in [0.3, 0.4) is 0 Å². The minimum atomic E-state index is -0.0492. The van der Waals surface area contributed by atoms with Crippen molar-refractivity contribution in [3.05, 3.63) is 18.4 Å². The van der Waals surface area contributed by atoms with Gasteiger partial charge in [-0.3, -0.25) is 9.59 Å². The van der Waals surface area contributed by atoms with Crippen LogP contribution in [0.15, 0.2) is 17.1 Å². The number of likely N-dealkylation sites (tertiary alicyclic amines) is 1. The van der Waals surface area contributed by atoms with Gasteiger partial charge in [0.15, 0.2) is 12.1 Å². The first-order chi connectivity index (χ1) is 9.25. The van der Waals surface area contributed by atoms with Crippen LogP contribution in [-0.2, 0) is 4.79 Å². The average Bonchev–Trinajstić information content (AvgIpc) is 2.88. The van der Waals surface area contributed by atoms with E-state index in [0.29, 0.717) is 17.0 Å². The summed E-state index contributed by atoms with van der Waals surface area (Å²) in [5.41, 5.74) is 0.738. The Hall–Kier alpha value is -1.85. The molecule has 2 aliphatic rings. The molecule has 1 saturated heterocycles. The molecule has 1 aliphatic heterocycles. The van der Waals surface area contributed by atoms with E-state index in [1.807, 2.05) is 4.90 Å². The fraction of sp³-hybridized carbons (Fsp3) is 0.615. The molecule has 102 valence electrons. The highest BCUT2D eigenvalue weighted by molar-refractivity contribution is 5.91. The van der Waals surface area contributed by atoms with E-state index < -0.39 is 0 Å². The first kappa shape index (κ1) is 12.2. The molecule has 1 unspecified atom stereocenters. The topological polar surface area (TPSA) is 75.4 Å². The first-order valence-electron chi connectivity index (χ1n) is 6.60. The molecule has 19 heavy (non-hydrogen) atoms. The molecule has 6 nitrogen and oxygen atoms in total. The third kappa shape index (κ3) is 2.22. The number of carbonyl (C=O) groups excluding carboxylic acids is 2. The third-order valence-corrected chi connectivity index (χ3v) is 4.50. The van der Waals surface area contributed by atoms with E-state index in [2.05, 4.69) is 10.3 Å². The Morgan fingerprint density at radius 1 is 1.58 bits per heavy atom. The number of nitrogens with zero attached hydrogens (tertiary/aromatic N) is 2. The van der Waals surface area contributed by atoms with E-state index in [4.69, 9.17) is 4.42 Å². The Labute approximate surface area is 111 Å². The summed E-state index contributed by atoms with van der Waals surface area (Å²) >= 11 is 0. The normalized spacial score (nSPS) is 24.2. The zero-order valence-corrected chi connectivity index (χ0v) is 10.7. The second kappa shape index (κ2) is 4.68. The minimum absolute atomic E-state index is 0.0492. The Balaban J connectivity index is 1.53. The standard InChI is InChI=1S/C13H17N3O3/c17-8-14-6-10-5-13(10)1-3-16(4-2-13)12(18)11-7-19-9-15-11/h7-10H,1-6H2,(H,14,17).